The summed E-state index contributed by atoms with van der Waals surface area (Å²) in [4.78, 5) is 0. The van der Waals surface area contributed by atoms with Gasteiger partial charge < -0.3 is 5.32 Å². The van der Waals surface area contributed by atoms with Crippen LogP contribution in [0.4, 0.5) is 10.1 Å². The molecule has 3 nitrogen and oxygen atoms in total. The summed E-state index contributed by atoms with van der Waals surface area (Å²) in [5, 5.41) is 7.85. The van der Waals surface area contributed by atoms with Crippen molar-refractivity contribution < 1.29 is 4.39 Å². The number of hydrogen-bond acceptors (Lipinski definition) is 2. The minimum Gasteiger partial charge on any atom is -0.381 e. The molecule has 1 aromatic heterocycles. The number of anilines is 1. The fourth-order valence-electron chi connectivity index (χ4n) is 2.33. The minimum absolute atomic E-state index is 0.0156. The number of aromatic nitrogens is 2. The standard InChI is InChI=1S/C16H21BrFN3/c1-10-6-12(17)13(18)7-14(10)19-8-11-9-21(5)20-15(11)16(2,3)4/h6-7,9,19H,8H2,1-5H3. The number of benzene rings is 1. The van der Waals surface area contributed by atoms with Crippen molar-refractivity contribution >= 4 is 21.6 Å². The lowest BCUT2D eigenvalue weighted by Crippen LogP contribution is -2.16. The summed E-state index contributed by atoms with van der Waals surface area (Å²) in [7, 11) is 1.92. The van der Waals surface area contributed by atoms with Gasteiger partial charge in [-0.25, -0.2) is 4.39 Å². The first kappa shape index (κ1) is 16.0. The van der Waals surface area contributed by atoms with Crippen molar-refractivity contribution in [2.45, 2.75) is 39.7 Å². The molecule has 0 amide bonds. The van der Waals surface area contributed by atoms with Gasteiger partial charge in [-0.05, 0) is 40.5 Å². The number of aryl methyl sites for hydroxylation is 2. The highest BCUT2D eigenvalue weighted by Crippen LogP contribution is 2.27. The molecule has 0 aliphatic rings. The van der Waals surface area contributed by atoms with E-state index in [-0.39, 0.29) is 11.2 Å². The molecule has 114 valence electrons. The summed E-state index contributed by atoms with van der Waals surface area (Å²) in [5.41, 5.74) is 3.99. The Bertz CT molecular complexity index is 656. The van der Waals surface area contributed by atoms with Crippen molar-refractivity contribution in [2.24, 2.45) is 7.05 Å². The van der Waals surface area contributed by atoms with Gasteiger partial charge in [-0.3, -0.25) is 4.68 Å². The third-order valence-corrected chi connectivity index (χ3v) is 3.96. The van der Waals surface area contributed by atoms with Crippen molar-refractivity contribution in [2.75, 3.05) is 5.32 Å². The zero-order chi connectivity index (χ0) is 15.8. The molecule has 1 heterocycles. The lowest BCUT2D eigenvalue weighted by Gasteiger charge is -2.18. The smallest absolute Gasteiger partial charge is 0.139 e. The second-order valence-electron chi connectivity index (χ2n) is 6.36. The van der Waals surface area contributed by atoms with E-state index in [1.165, 1.54) is 6.07 Å². The fourth-order valence-corrected chi connectivity index (χ4v) is 2.78. The number of nitrogens with one attached hydrogen (secondary N) is 1. The Morgan fingerprint density at radius 3 is 2.62 bits per heavy atom. The maximum Gasteiger partial charge on any atom is 0.139 e. The monoisotopic (exact) mass is 353 g/mol. The molecule has 0 bridgehead atoms. The van der Waals surface area contributed by atoms with Crippen LogP contribution in [0.25, 0.3) is 0 Å². The Hall–Kier alpha value is -1.36. The highest BCUT2D eigenvalue weighted by molar-refractivity contribution is 9.10. The molecule has 0 spiro atoms. The summed E-state index contributed by atoms with van der Waals surface area (Å²) in [6.45, 7) is 9.01. The van der Waals surface area contributed by atoms with Crippen LogP contribution in [-0.4, -0.2) is 9.78 Å². The average Bonchev–Trinajstić information content (AvgIpc) is 2.73. The molecule has 1 aromatic carbocycles. The zero-order valence-corrected chi connectivity index (χ0v) is 14.7. The fraction of sp³-hybridized carbons (Fsp3) is 0.438. The molecule has 0 radical (unpaired) electrons. The average molecular weight is 354 g/mol. The van der Waals surface area contributed by atoms with Crippen molar-refractivity contribution in [1.29, 1.82) is 0 Å². The van der Waals surface area contributed by atoms with E-state index in [0.717, 1.165) is 22.5 Å². The van der Waals surface area contributed by atoms with Gasteiger partial charge >= 0.3 is 0 Å². The van der Waals surface area contributed by atoms with Gasteiger partial charge in [0.25, 0.3) is 0 Å². The lowest BCUT2D eigenvalue weighted by atomic mass is 9.89. The number of nitrogens with zero attached hydrogens (tertiary/aromatic N) is 2. The van der Waals surface area contributed by atoms with Crippen molar-refractivity contribution in [3.05, 3.63) is 45.4 Å². The Kier molecular flexibility index (Phi) is 4.42. The predicted molar refractivity (Wildman–Crippen MR) is 88.1 cm³/mol. The molecule has 0 fully saturated rings. The van der Waals surface area contributed by atoms with Crippen LogP contribution >= 0.6 is 15.9 Å². The minimum atomic E-state index is -0.259. The van der Waals surface area contributed by atoms with E-state index in [9.17, 15) is 4.39 Å². The lowest BCUT2D eigenvalue weighted by molar-refractivity contribution is 0.549. The molecular formula is C16H21BrFN3. The molecule has 0 saturated carbocycles. The van der Waals surface area contributed by atoms with E-state index in [4.69, 9.17) is 0 Å². The third kappa shape index (κ3) is 3.64. The van der Waals surface area contributed by atoms with Gasteiger partial charge in [-0.15, -0.1) is 0 Å². The van der Waals surface area contributed by atoms with Crippen molar-refractivity contribution in [1.82, 2.24) is 9.78 Å². The Morgan fingerprint density at radius 1 is 1.33 bits per heavy atom. The van der Waals surface area contributed by atoms with Crippen LogP contribution in [0.1, 0.15) is 37.6 Å². The Balaban J connectivity index is 2.23. The van der Waals surface area contributed by atoms with Gasteiger partial charge in [0.05, 0.1) is 10.2 Å². The topological polar surface area (TPSA) is 29.9 Å². The molecule has 21 heavy (non-hydrogen) atoms. The van der Waals surface area contributed by atoms with E-state index >= 15 is 0 Å². The van der Waals surface area contributed by atoms with Gasteiger partial charge in [0, 0.05) is 36.5 Å². The second kappa shape index (κ2) is 5.79. The van der Waals surface area contributed by atoms with Crippen LogP contribution in [-0.2, 0) is 19.0 Å². The predicted octanol–water partition coefficient (Wildman–Crippen LogP) is 4.54. The van der Waals surface area contributed by atoms with Gasteiger partial charge in [-0.2, -0.15) is 5.10 Å². The second-order valence-corrected chi connectivity index (χ2v) is 7.22. The van der Waals surface area contributed by atoms with Crippen LogP contribution in [0, 0.1) is 12.7 Å². The van der Waals surface area contributed by atoms with Gasteiger partial charge in [0.15, 0.2) is 0 Å². The van der Waals surface area contributed by atoms with Gasteiger partial charge in [-0.1, -0.05) is 20.8 Å². The van der Waals surface area contributed by atoms with E-state index in [1.54, 1.807) is 6.07 Å². The highest BCUT2D eigenvalue weighted by atomic mass is 79.9. The summed E-state index contributed by atoms with van der Waals surface area (Å²) in [6, 6.07) is 3.30. The molecule has 0 atom stereocenters. The first-order valence-corrected chi connectivity index (χ1v) is 7.70. The number of rotatable bonds is 3. The molecule has 0 unspecified atom stereocenters. The van der Waals surface area contributed by atoms with Crippen LogP contribution < -0.4 is 5.32 Å². The summed E-state index contributed by atoms with van der Waals surface area (Å²) >= 11 is 3.20. The Morgan fingerprint density at radius 2 is 2.00 bits per heavy atom. The summed E-state index contributed by atoms with van der Waals surface area (Å²) in [5.74, 6) is -0.259. The SMILES string of the molecule is Cc1cc(Br)c(F)cc1NCc1cn(C)nc1C(C)(C)C. The molecule has 5 heteroatoms. The normalized spacial score (nSPS) is 11.8. The van der Waals surface area contributed by atoms with Crippen LogP contribution in [0.3, 0.4) is 0 Å². The molecule has 2 aromatic rings. The Labute approximate surface area is 133 Å². The summed E-state index contributed by atoms with van der Waals surface area (Å²) in [6.07, 6.45) is 2.01. The van der Waals surface area contributed by atoms with E-state index < -0.39 is 0 Å². The van der Waals surface area contributed by atoms with Gasteiger partial charge in [0.2, 0.25) is 0 Å². The van der Waals surface area contributed by atoms with Crippen LogP contribution in [0.2, 0.25) is 0 Å². The first-order chi connectivity index (χ1) is 9.68. The number of hydrogen-bond donors (Lipinski definition) is 1. The molecule has 0 aliphatic heterocycles. The molecule has 2 rings (SSSR count). The van der Waals surface area contributed by atoms with E-state index in [2.05, 4.69) is 47.1 Å². The molecular weight excluding hydrogens is 333 g/mol. The maximum atomic E-state index is 13.7. The highest BCUT2D eigenvalue weighted by Gasteiger charge is 2.21. The summed E-state index contributed by atoms with van der Waals surface area (Å²) < 4.78 is 16.0. The van der Waals surface area contributed by atoms with Crippen LogP contribution in [0.15, 0.2) is 22.8 Å². The molecule has 1 N–H and O–H groups in total. The number of halogens is 2. The van der Waals surface area contributed by atoms with Crippen molar-refractivity contribution in [3.63, 3.8) is 0 Å². The molecule has 0 aliphatic carbocycles. The third-order valence-electron chi connectivity index (χ3n) is 3.35. The first-order valence-electron chi connectivity index (χ1n) is 6.91. The molecule has 0 saturated heterocycles. The largest absolute Gasteiger partial charge is 0.381 e. The van der Waals surface area contributed by atoms with Gasteiger partial charge in [0.1, 0.15) is 5.82 Å². The quantitative estimate of drug-likeness (QED) is 0.877. The zero-order valence-electron chi connectivity index (χ0n) is 13.1. The van der Waals surface area contributed by atoms with Crippen LogP contribution in [0.5, 0.6) is 0 Å². The van der Waals surface area contributed by atoms with E-state index in [0.29, 0.717) is 11.0 Å². The van der Waals surface area contributed by atoms with E-state index in [1.807, 2.05) is 24.9 Å². The van der Waals surface area contributed by atoms with Crippen molar-refractivity contribution in [3.8, 4) is 0 Å². The maximum absolute atomic E-state index is 13.7.